The van der Waals surface area contributed by atoms with E-state index < -0.39 is 0 Å². The van der Waals surface area contributed by atoms with Gasteiger partial charge in [-0.2, -0.15) is 0 Å². The predicted octanol–water partition coefficient (Wildman–Crippen LogP) is 3.83. The maximum Gasteiger partial charge on any atom is 0.134 e. The van der Waals surface area contributed by atoms with Crippen LogP contribution in [0.1, 0.15) is 43.3 Å². The zero-order valence-electron chi connectivity index (χ0n) is 18.2. The number of allylic oxidation sites excluding steroid dienone is 3. The lowest BCUT2D eigenvalue weighted by molar-refractivity contribution is 0.193. The number of aliphatic imine (C=N–C) groups is 1. The quantitative estimate of drug-likeness (QED) is 0.695. The van der Waals surface area contributed by atoms with Gasteiger partial charge in [0.1, 0.15) is 12.4 Å². The first-order valence-electron chi connectivity index (χ1n) is 10.8. The highest BCUT2D eigenvalue weighted by molar-refractivity contribution is 6.30. The van der Waals surface area contributed by atoms with Crippen molar-refractivity contribution in [3.05, 3.63) is 69.9 Å². The molecule has 164 valence electrons. The monoisotopic (exact) mass is 439 g/mol. The number of imidazole rings is 1. The lowest BCUT2D eigenvalue weighted by atomic mass is 9.87. The molecule has 4 rings (SSSR count). The van der Waals surface area contributed by atoms with Gasteiger partial charge in [-0.3, -0.25) is 9.89 Å². The zero-order chi connectivity index (χ0) is 21.8. The van der Waals surface area contributed by atoms with Crippen molar-refractivity contribution in [3.8, 4) is 0 Å². The predicted molar refractivity (Wildman–Crippen MR) is 126 cm³/mol. The molecule has 0 spiro atoms. The number of aliphatic hydroxyl groups excluding tert-OH is 1. The molecular formula is C24H30ClN5O. The number of halogens is 1. The van der Waals surface area contributed by atoms with Gasteiger partial charge in [-0.1, -0.05) is 23.7 Å². The summed E-state index contributed by atoms with van der Waals surface area (Å²) in [6, 6.07) is 6.28. The van der Waals surface area contributed by atoms with Gasteiger partial charge in [0.15, 0.2) is 0 Å². The van der Waals surface area contributed by atoms with Crippen molar-refractivity contribution in [2.45, 2.75) is 39.5 Å². The molecule has 1 aromatic carbocycles. The maximum atomic E-state index is 9.66. The second-order valence-electron chi connectivity index (χ2n) is 8.04. The van der Waals surface area contributed by atoms with Crippen LogP contribution in [0.2, 0.25) is 5.02 Å². The molecule has 2 aliphatic rings. The number of piperazine rings is 1. The summed E-state index contributed by atoms with van der Waals surface area (Å²) in [4.78, 5) is 11.6. The largest absolute Gasteiger partial charge is 0.388 e. The lowest BCUT2D eigenvalue weighted by Gasteiger charge is -2.38. The van der Waals surface area contributed by atoms with E-state index in [4.69, 9.17) is 16.6 Å². The minimum atomic E-state index is -0.0830. The molecule has 31 heavy (non-hydrogen) atoms. The smallest absolute Gasteiger partial charge is 0.134 e. The van der Waals surface area contributed by atoms with Crippen molar-refractivity contribution in [1.29, 1.82) is 0 Å². The molecule has 1 atom stereocenters. The molecule has 1 fully saturated rings. The molecule has 1 saturated heterocycles. The Morgan fingerprint density at radius 1 is 1.32 bits per heavy atom. The van der Waals surface area contributed by atoms with Crippen LogP contribution in [0, 0.1) is 0 Å². The van der Waals surface area contributed by atoms with E-state index in [-0.39, 0.29) is 12.6 Å². The Labute approximate surface area is 189 Å². The van der Waals surface area contributed by atoms with Gasteiger partial charge in [0.2, 0.25) is 0 Å². The molecule has 2 aromatic rings. The lowest BCUT2D eigenvalue weighted by Crippen LogP contribution is -2.46. The van der Waals surface area contributed by atoms with Crippen LogP contribution in [0.3, 0.4) is 0 Å². The molecule has 2 N–H and O–H groups in total. The van der Waals surface area contributed by atoms with E-state index in [2.05, 4.69) is 40.3 Å². The van der Waals surface area contributed by atoms with Crippen molar-refractivity contribution < 1.29 is 5.11 Å². The normalized spacial score (nSPS) is 24.5. The van der Waals surface area contributed by atoms with Crippen LogP contribution in [0.5, 0.6) is 0 Å². The summed E-state index contributed by atoms with van der Waals surface area (Å²) in [7, 11) is 0. The number of rotatable bonds is 5. The Hall–Kier alpha value is -2.25. The number of hydrogen-bond acceptors (Lipinski definition) is 5. The highest BCUT2D eigenvalue weighted by Gasteiger charge is 2.30. The average molecular weight is 440 g/mol. The zero-order valence-corrected chi connectivity index (χ0v) is 18.9. The van der Waals surface area contributed by atoms with Gasteiger partial charge in [-0.25, -0.2) is 4.98 Å². The average Bonchev–Trinajstić information content (AvgIpc) is 3.24. The first-order valence-corrected chi connectivity index (χ1v) is 11.2. The molecule has 2 heterocycles. The van der Waals surface area contributed by atoms with E-state index in [1.165, 1.54) is 16.7 Å². The summed E-state index contributed by atoms with van der Waals surface area (Å²) in [6.45, 7) is 8.60. The third-order valence-corrected chi connectivity index (χ3v) is 6.31. The third kappa shape index (κ3) is 4.67. The number of benzene rings is 1. The van der Waals surface area contributed by atoms with Crippen molar-refractivity contribution in [1.82, 2.24) is 19.8 Å². The molecule has 1 unspecified atom stereocenters. The maximum absolute atomic E-state index is 9.66. The van der Waals surface area contributed by atoms with E-state index >= 15 is 0 Å². The summed E-state index contributed by atoms with van der Waals surface area (Å²) >= 11 is 6.48. The summed E-state index contributed by atoms with van der Waals surface area (Å²) in [5.74, 6) is 0.661. The number of aliphatic hydroxyl groups is 1. The van der Waals surface area contributed by atoms with Gasteiger partial charge in [-0.05, 0) is 54.7 Å². The summed E-state index contributed by atoms with van der Waals surface area (Å²) in [5, 5.41) is 13.8. The van der Waals surface area contributed by atoms with Crippen LogP contribution in [0.15, 0.2) is 52.9 Å². The minimum absolute atomic E-state index is 0.0781. The van der Waals surface area contributed by atoms with E-state index in [1.54, 1.807) is 6.20 Å². The Morgan fingerprint density at radius 2 is 2.13 bits per heavy atom. The summed E-state index contributed by atoms with van der Waals surface area (Å²) < 4.78 is 2.00. The van der Waals surface area contributed by atoms with Crippen molar-refractivity contribution in [3.63, 3.8) is 0 Å². The first kappa shape index (κ1) is 22.0. The van der Waals surface area contributed by atoms with Crippen LogP contribution in [-0.4, -0.2) is 52.0 Å². The molecule has 1 aliphatic heterocycles. The molecule has 1 aromatic heterocycles. The van der Waals surface area contributed by atoms with E-state index in [0.29, 0.717) is 12.4 Å². The van der Waals surface area contributed by atoms with E-state index in [9.17, 15) is 5.11 Å². The minimum Gasteiger partial charge on any atom is -0.388 e. The highest BCUT2D eigenvalue weighted by Crippen LogP contribution is 2.40. The SMILES string of the molecule is CC=N/C1=C(\C)C/C=C(/Cn2ccnc2CO)c2cc(Cl)ccc2C1N1CCNCC1. The highest BCUT2D eigenvalue weighted by atomic mass is 35.5. The van der Waals surface area contributed by atoms with Gasteiger partial charge < -0.3 is 15.0 Å². The number of nitrogens with zero attached hydrogens (tertiary/aromatic N) is 4. The van der Waals surface area contributed by atoms with Crippen LogP contribution in [0.25, 0.3) is 5.57 Å². The topological polar surface area (TPSA) is 65.7 Å². The molecule has 0 radical (unpaired) electrons. The van der Waals surface area contributed by atoms with Crippen LogP contribution in [0.4, 0.5) is 0 Å². The first-order chi connectivity index (χ1) is 15.1. The Morgan fingerprint density at radius 3 is 2.87 bits per heavy atom. The molecule has 0 amide bonds. The summed E-state index contributed by atoms with van der Waals surface area (Å²) in [6.07, 6.45) is 8.63. The Balaban J connectivity index is 1.86. The van der Waals surface area contributed by atoms with Crippen LogP contribution in [-0.2, 0) is 13.2 Å². The fourth-order valence-corrected chi connectivity index (χ4v) is 4.69. The molecular weight excluding hydrogens is 410 g/mol. The van der Waals surface area contributed by atoms with Gasteiger partial charge in [0, 0.05) is 56.4 Å². The molecule has 7 heteroatoms. The van der Waals surface area contributed by atoms with Crippen molar-refractivity contribution in [2.24, 2.45) is 4.99 Å². The molecule has 0 bridgehead atoms. The van der Waals surface area contributed by atoms with Crippen molar-refractivity contribution in [2.75, 3.05) is 26.2 Å². The summed E-state index contributed by atoms with van der Waals surface area (Å²) in [5.41, 5.74) is 5.95. The fraction of sp³-hybridized carbons (Fsp3) is 0.417. The number of hydrogen-bond donors (Lipinski definition) is 2. The van der Waals surface area contributed by atoms with Gasteiger partial charge >= 0.3 is 0 Å². The third-order valence-electron chi connectivity index (χ3n) is 6.08. The van der Waals surface area contributed by atoms with Gasteiger partial charge in [0.05, 0.1) is 11.7 Å². The van der Waals surface area contributed by atoms with Crippen molar-refractivity contribution >= 4 is 23.4 Å². The van der Waals surface area contributed by atoms with Gasteiger partial charge in [-0.15, -0.1) is 0 Å². The Kier molecular flexibility index (Phi) is 7.02. The Bertz CT molecular complexity index is 1020. The standard InChI is InChI=1S/C24H30ClN5O/c1-3-27-23-17(2)4-5-18(15-30-13-10-28-22(30)16-31)21-14-19(25)6-7-20(21)24(23)29-11-8-26-9-12-29/h3,5-7,10,13-14,24,26,31H,4,8-9,11-12,15-16H2,1-2H3/b18-5-,23-17+,27-3?. The molecule has 6 nitrogen and oxygen atoms in total. The second kappa shape index (κ2) is 9.92. The number of nitrogens with one attached hydrogen (secondary N) is 1. The van der Waals surface area contributed by atoms with Gasteiger partial charge in [0.25, 0.3) is 0 Å². The fourth-order valence-electron chi connectivity index (χ4n) is 4.52. The van der Waals surface area contributed by atoms with Crippen LogP contribution >= 0.6 is 11.6 Å². The molecule has 0 saturated carbocycles. The van der Waals surface area contributed by atoms with Crippen LogP contribution < -0.4 is 5.32 Å². The van der Waals surface area contributed by atoms with E-state index in [0.717, 1.165) is 48.9 Å². The molecule has 1 aliphatic carbocycles. The number of aromatic nitrogens is 2. The second-order valence-corrected chi connectivity index (χ2v) is 8.47. The number of fused-ring (bicyclic) bond motifs is 1. The van der Waals surface area contributed by atoms with E-state index in [1.807, 2.05) is 30.0 Å².